The number of amides is 1. The van der Waals surface area contributed by atoms with E-state index in [4.69, 9.17) is 0 Å². The van der Waals surface area contributed by atoms with E-state index in [9.17, 15) is 4.79 Å². The fourth-order valence-electron chi connectivity index (χ4n) is 3.53. The van der Waals surface area contributed by atoms with Gasteiger partial charge in [0.25, 0.3) is 5.91 Å². The molecule has 0 spiro atoms. The van der Waals surface area contributed by atoms with Crippen LogP contribution in [0.25, 0.3) is 5.82 Å². The first-order valence-corrected chi connectivity index (χ1v) is 8.99. The Kier molecular flexibility index (Phi) is 4.28. The van der Waals surface area contributed by atoms with Crippen LogP contribution in [-0.4, -0.2) is 30.5 Å². The van der Waals surface area contributed by atoms with Crippen molar-refractivity contribution >= 4 is 5.91 Å². The largest absolute Gasteiger partial charge is 0.344 e. The number of aromatic nitrogens is 5. The van der Waals surface area contributed by atoms with Crippen molar-refractivity contribution in [2.45, 2.75) is 38.6 Å². The van der Waals surface area contributed by atoms with E-state index in [2.05, 4.69) is 20.5 Å². The summed E-state index contributed by atoms with van der Waals surface area (Å²) in [5.74, 6) is 0.711. The predicted octanol–water partition coefficient (Wildman–Crippen LogP) is 2.37. The van der Waals surface area contributed by atoms with Gasteiger partial charge in [-0.2, -0.15) is 10.2 Å². The van der Waals surface area contributed by atoms with Crippen molar-refractivity contribution in [2.75, 3.05) is 0 Å². The molecular formula is C19H22N6O. The molecule has 0 saturated carbocycles. The van der Waals surface area contributed by atoms with Gasteiger partial charge in [0.2, 0.25) is 0 Å². The zero-order valence-electron chi connectivity index (χ0n) is 15.0. The first-order chi connectivity index (χ1) is 12.7. The van der Waals surface area contributed by atoms with E-state index in [0.717, 1.165) is 48.5 Å². The quantitative estimate of drug-likeness (QED) is 0.784. The van der Waals surface area contributed by atoms with Crippen molar-refractivity contribution in [3.8, 4) is 5.82 Å². The van der Waals surface area contributed by atoms with E-state index in [1.54, 1.807) is 17.9 Å². The van der Waals surface area contributed by atoms with Crippen molar-refractivity contribution in [1.29, 1.82) is 0 Å². The highest BCUT2D eigenvalue weighted by Crippen LogP contribution is 2.31. The van der Waals surface area contributed by atoms with Gasteiger partial charge in [0, 0.05) is 18.8 Å². The number of aryl methyl sites for hydroxylation is 2. The summed E-state index contributed by atoms with van der Waals surface area (Å²) >= 11 is 0. The second-order valence-electron chi connectivity index (χ2n) is 6.56. The van der Waals surface area contributed by atoms with Crippen LogP contribution in [0.5, 0.6) is 0 Å². The normalized spacial score (nSPS) is 16.3. The second kappa shape index (κ2) is 6.74. The van der Waals surface area contributed by atoms with Gasteiger partial charge in [0.1, 0.15) is 5.69 Å². The number of nitrogens with one attached hydrogen (secondary N) is 1. The molecule has 134 valence electrons. The molecule has 3 heterocycles. The van der Waals surface area contributed by atoms with Gasteiger partial charge in [-0.05, 0) is 43.9 Å². The number of rotatable bonds is 4. The Balaban J connectivity index is 1.60. The molecule has 3 aromatic heterocycles. The average molecular weight is 350 g/mol. The summed E-state index contributed by atoms with van der Waals surface area (Å²) in [7, 11) is 1.81. The Bertz CT molecular complexity index is 927. The minimum absolute atomic E-state index is 0.0383. The molecule has 0 radical (unpaired) electrons. The highest BCUT2D eigenvalue weighted by atomic mass is 16.2. The molecule has 1 aliphatic rings. The lowest BCUT2D eigenvalue weighted by Gasteiger charge is -2.24. The summed E-state index contributed by atoms with van der Waals surface area (Å²) in [6, 6.07) is 7.60. The molecule has 7 heteroatoms. The van der Waals surface area contributed by atoms with Crippen molar-refractivity contribution in [3.63, 3.8) is 0 Å². The number of carbonyl (C=O) groups is 1. The molecule has 0 fully saturated rings. The zero-order chi connectivity index (χ0) is 18.1. The highest BCUT2D eigenvalue weighted by molar-refractivity contribution is 5.93. The van der Waals surface area contributed by atoms with Gasteiger partial charge in [-0.25, -0.2) is 9.67 Å². The monoisotopic (exact) mass is 350 g/mol. The third-order valence-corrected chi connectivity index (χ3v) is 4.88. The Morgan fingerprint density at radius 3 is 3.00 bits per heavy atom. The minimum Gasteiger partial charge on any atom is -0.344 e. The first-order valence-electron chi connectivity index (χ1n) is 8.99. The summed E-state index contributed by atoms with van der Waals surface area (Å²) in [5.41, 5.74) is 3.71. The highest BCUT2D eigenvalue weighted by Gasteiger charge is 2.27. The van der Waals surface area contributed by atoms with Gasteiger partial charge in [0.15, 0.2) is 5.82 Å². The van der Waals surface area contributed by atoms with Crippen LogP contribution in [0.15, 0.2) is 36.7 Å². The smallest absolute Gasteiger partial charge is 0.270 e. The lowest BCUT2D eigenvalue weighted by molar-refractivity contribution is 0.0923. The van der Waals surface area contributed by atoms with Crippen molar-refractivity contribution in [2.24, 2.45) is 7.05 Å². The molecule has 7 nitrogen and oxygen atoms in total. The van der Waals surface area contributed by atoms with Crippen molar-refractivity contribution < 1.29 is 4.79 Å². The summed E-state index contributed by atoms with van der Waals surface area (Å²) in [5, 5.41) is 12.0. The Hall–Kier alpha value is -2.96. The number of hydrogen-bond acceptors (Lipinski definition) is 4. The van der Waals surface area contributed by atoms with Crippen LogP contribution >= 0.6 is 0 Å². The van der Waals surface area contributed by atoms with Gasteiger partial charge in [0.05, 0.1) is 23.6 Å². The van der Waals surface area contributed by atoms with E-state index in [1.165, 1.54) is 0 Å². The molecule has 1 amide bonds. The van der Waals surface area contributed by atoms with Gasteiger partial charge in [-0.1, -0.05) is 13.0 Å². The van der Waals surface area contributed by atoms with Crippen LogP contribution in [0, 0.1) is 0 Å². The Morgan fingerprint density at radius 2 is 2.27 bits per heavy atom. The molecule has 0 aliphatic heterocycles. The fourth-order valence-corrected chi connectivity index (χ4v) is 3.53. The number of nitrogens with zero attached hydrogens (tertiary/aromatic N) is 5. The maximum atomic E-state index is 12.7. The number of hydrogen-bond donors (Lipinski definition) is 1. The SMILES string of the molecule is CCc1cc(C(=O)N[C@@H]2CCCc3c2cnn3-c2ccccn2)n(C)n1. The molecule has 26 heavy (non-hydrogen) atoms. The Morgan fingerprint density at radius 1 is 1.38 bits per heavy atom. The maximum Gasteiger partial charge on any atom is 0.270 e. The van der Waals surface area contributed by atoms with Crippen LogP contribution in [0.2, 0.25) is 0 Å². The van der Waals surface area contributed by atoms with Crippen LogP contribution in [0.4, 0.5) is 0 Å². The van der Waals surface area contributed by atoms with Gasteiger partial charge in [-0.3, -0.25) is 9.48 Å². The first kappa shape index (κ1) is 16.5. The third kappa shape index (κ3) is 2.89. The fraction of sp³-hybridized carbons (Fsp3) is 0.368. The van der Waals surface area contributed by atoms with E-state index in [0.29, 0.717) is 5.69 Å². The molecule has 4 rings (SSSR count). The summed E-state index contributed by atoms with van der Waals surface area (Å²) < 4.78 is 3.53. The molecule has 1 atom stereocenters. The zero-order valence-corrected chi connectivity index (χ0v) is 15.0. The van der Waals surface area contributed by atoms with Crippen molar-refractivity contribution in [1.82, 2.24) is 29.9 Å². The van der Waals surface area contributed by atoms with E-state index < -0.39 is 0 Å². The number of carbonyl (C=O) groups excluding carboxylic acids is 1. The van der Waals surface area contributed by atoms with Crippen LogP contribution in [0.1, 0.15) is 53.2 Å². The second-order valence-corrected chi connectivity index (χ2v) is 6.56. The van der Waals surface area contributed by atoms with Crippen molar-refractivity contribution in [3.05, 3.63) is 59.3 Å². The lowest BCUT2D eigenvalue weighted by Crippen LogP contribution is -2.32. The van der Waals surface area contributed by atoms with E-state index in [-0.39, 0.29) is 11.9 Å². The van der Waals surface area contributed by atoms with E-state index >= 15 is 0 Å². The van der Waals surface area contributed by atoms with Crippen LogP contribution in [-0.2, 0) is 19.9 Å². The molecular weight excluding hydrogens is 328 g/mol. The molecule has 1 N–H and O–H groups in total. The van der Waals surface area contributed by atoms with E-state index in [1.807, 2.05) is 42.1 Å². The lowest BCUT2D eigenvalue weighted by atomic mass is 9.93. The molecule has 3 aromatic rings. The average Bonchev–Trinajstić information content (AvgIpc) is 3.26. The summed E-state index contributed by atoms with van der Waals surface area (Å²) in [4.78, 5) is 17.1. The summed E-state index contributed by atoms with van der Waals surface area (Å²) in [6.07, 6.45) is 7.27. The van der Waals surface area contributed by atoms with Gasteiger partial charge >= 0.3 is 0 Å². The molecule has 0 saturated heterocycles. The maximum absolute atomic E-state index is 12.7. The topological polar surface area (TPSA) is 77.6 Å². The van der Waals surface area contributed by atoms with Gasteiger partial charge < -0.3 is 5.32 Å². The predicted molar refractivity (Wildman–Crippen MR) is 97.1 cm³/mol. The van der Waals surface area contributed by atoms with Crippen LogP contribution < -0.4 is 5.32 Å². The summed E-state index contributed by atoms with van der Waals surface area (Å²) in [6.45, 7) is 2.03. The molecule has 0 aromatic carbocycles. The minimum atomic E-state index is -0.0943. The molecule has 1 aliphatic carbocycles. The Labute approximate surface area is 152 Å². The van der Waals surface area contributed by atoms with Crippen LogP contribution in [0.3, 0.4) is 0 Å². The third-order valence-electron chi connectivity index (χ3n) is 4.88. The molecule has 0 unspecified atom stereocenters. The molecule has 0 bridgehead atoms. The number of fused-ring (bicyclic) bond motifs is 1. The standard InChI is InChI=1S/C19H22N6O/c1-3-13-11-17(24(2)23-13)19(26)22-15-7-6-8-16-14(15)12-21-25(16)18-9-4-5-10-20-18/h4-5,9-12,15H,3,6-8H2,1-2H3,(H,22,26)/t15-/m1/s1. The van der Waals surface area contributed by atoms with Gasteiger partial charge in [-0.15, -0.1) is 0 Å². The number of pyridine rings is 1.